The molecule has 0 N–H and O–H groups in total. The summed E-state index contributed by atoms with van der Waals surface area (Å²) in [4.78, 5) is 11.4. The van der Waals surface area contributed by atoms with Crippen LogP contribution < -0.4 is 0 Å². The van der Waals surface area contributed by atoms with Gasteiger partial charge in [0.05, 0.1) is 0 Å². The summed E-state index contributed by atoms with van der Waals surface area (Å²) in [5.74, 6) is 2.45. The molecule has 3 nitrogen and oxygen atoms in total. The molecular formula is C11H19N3. The smallest absolute Gasteiger partial charge is 0.104 e. The summed E-state index contributed by atoms with van der Waals surface area (Å²) in [6.45, 7) is 4.36. The summed E-state index contributed by atoms with van der Waals surface area (Å²) in [6.07, 6.45) is 4.63. The predicted octanol–water partition coefficient (Wildman–Crippen LogP) is 2.08. The Labute approximate surface area is 85.9 Å². The molecule has 0 bridgehead atoms. The first kappa shape index (κ1) is 9.69. The van der Waals surface area contributed by atoms with Crippen molar-refractivity contribution in [2.24, 2.45) is 9.98 Å². The van der Waals surface area contributed by atoms with Gasteiger partial charge in [-0.25, -0.2) is 0 Å². The molecule has 14 heavy (non-hydrogen) atoms. The molecule has 0 aromatic heterocycles. The second kappa shape index (κ2) is 3.71. The molecule has 0 fully saturated rings. The van der Waals surface area contributed by atoms with E-state index in [0.29, 0.717) is 12.1 Å². The van der Waals surface area contributed by atoms with E-state index < -0.39 is 0 Å². The Morgan fingerprint density at radius 3 is 1.71 bits per heavy atom. The molecular weight excluding hydrogens is 174 g/mol. The van der Waals surface area contributed by atoms with E-state index in [9.17, 15) is 0 Å². The Hall–Kier alpha value is -0.860. The zero-order chi connectivity index (χ0) is 10.1. The van der Waals surface area contributed by atoms with Gasteiger partial charge in [0.25, 0.3) is 0 Å². The Kier molecular flexibility index (Phi) is 2.57. The SMILES string of the molecule is CC1CCC(N(C)C2=NC(C)CC2)=N1. The molecule has 0 aliphatic carbocycles. The number of hydrogen-bond donors (Lipinski definition) is 0. The van der Waals surface area contributed by atoms with Crippen molar-refractivity contribution >= 4 is 11.7 Å². The van der Waals surface area contributed by atoms with Crippen LogP contribution in [0.3, 0.4) is 0 Å². The number of hydrogen-bond acceptors (Lipinski definition) is 3. The van der Waals surface area contributed by atoms with Crippen LogP contribution in [0, 0.1) is 0 Å². The highest BCUT2D eigenvalue weighted by Crippen LogP contribution is 2.19. The van der Waals surface area contributed by atoms with Crippen LogP contribution in [-0.2, 0) is 0 Å². The van der Waals surface area contributed by atoms with E-state index >= 15 is 0 Å². The molecule has 2 atom stereocenters. The quantitative estimate of drug-likeness (QED) is 0.579. The van der Waals surface area contributed by atoms with Crippen LogP contribution in [0.15, 0.2) is 9.98 Å². The van der Waals surface area contributed by atoms with E-state index in [0.717, 1.165) is 12.8 Å². The molecule has 0 saturated carbocycles. The lowest BCUT2D eigenvalue weighted by atomic mass is 10.2. The van der Waals surface area contributed by atoms with Crippen molar-refractivity contribution in [1.29, 1.82) is 0 Å². The first-order valence-corrected chi connectivity index (χ1v) is 5.54. The van der Waals surface area contributed by atoms with E-state index in [1.54, 1.807) is 0 Å². The molecule has 0 spiro atoms. The third-order valence-corrected chi connectivity index (χ3v) is 3.08. The van der Waals surface area contributed by atoms with Gasteiger partial charge < -0.3 is 4.90 Å². The summed E-state index contributed by atoms with van der Waals surface area (Å²) < 4.78 is 0. The van der Waals surface area contributed by atoms with Gasteiger partial charge in [-0.1, -0.05) is 0 Å². The maximum Gasteiger partial charge on any atom is 0.104 e. The summed E-state index contributed by atoms with van der Waals surface area (Å²) in [6, 6.07) is 1.01. The van der Waals surface area contributed by atoms with Crippen molar-refractivity contribution in [3.8, 4) is 0 Å². The van der Waals surface area contributed by atoms with Crippen LogP contribution in [0.1, 0.15) is 39.5 Å². The van der Waals surface area contributed by atoms with E-state index in [1.165, 1.54) is 24.5 Å². The third kappa shape index (κ3) is 1.81. The van der Waals surface area contributed by atoms with Crippen molar-refractivity contribution in [1.82, 2.24) is 4.90 Å². The van der Waals surface area contributed by atoms with Crippen LogP contribution in [-0.4, -0.2) is 35.7 Å². The molecule has 2 unspecified atom stereocenters. The molecule has 2 aliphatic heterocycles. The first-order valence-electron chi connectivity index (χ1n) is 5.54. The van der Waals surface area contributed by atoms with Gasteiger partial charge in [0, 0.05) is 32.0 Å². The average Bonchev–Trinajstić information content (AvgIpc) is 2.73. The zero-order valence-corrected chi connectivity index (χ0v) is 9.32. The second-order valence-electron chi connectivity index (χ2n) is 4.43. The molecule has 3 heteroatoms. The first-order chi connectivity index (χ1) is 6.66. The fourth-order valence-corrected chi connectivity index (χ4v) is 2.10. The van der Waals surface area contributed by atoms with Crippen LogP contribution in [0.2, 0.25) is 0 Å². The summed E-state index contributed by atoms with van der Waals surface area (Å²) in [7, 11) is 2.10. The van der Waals surface area contributed by atoms with Gasteiger partial charge in [0.1, 0.15) is 11.7 Å². The lowest BCUT2D eigenvalue weighted by Gasteiger charge is -2.18. The van der Waals surface area contributed by atoms with Gasteiger partial charge in [-0.05, 0) is 26.7 Å². The molecule has 0 amide bonds. The van der Waals surface area contributed by atoms with Crippen LogP contribution in [0.25, 0.3) is 0 Å². The van der Waals surface area contributed by atoms with Crippen molar-refractivity contribution in [2.45, 2.75) is 51.6 Å². The van der Waals surface area contributed by atoms with Crippen LogP contribution in [0.5, 0.6) is 0 Å². The van der Waals surface area contributed by atoms with E-state index in [2.05, 4.69) is 35.8 Å². The maximum atomic E-state index is 4.62. The van der Waals surface area contributed by atoms with Crippen molar-refractivity contribution < 1.29 is 0 Å². The highest BCUT2D eigenvalue weighted by Gasteiger charge is 2.22. The van der Waals surface area contributed by atoms with Crippen LogP contribution >= 0.6 is 0 Å². The number of nitrogens with zero attached hydrogens (tertiary/aromatic N) is 3. The van der Waals surface area contributed by atoms with Crippen molar-refractivity contribution in [2.75, 3.05) is 7.05 Å². The van der Waals surface area contributed by atoms with Gasteiger partial charge >= 0.3 is 0 Å². The lowest BCUT2D eigenvalue weighted by molar-refractivity contribution is 0.716. The average molecular weight is 193 g/mol. The summed E-state index contributed by atoms with van der Waals surface area (Å²) in [5.41, 5.74) is 0. The molecule has 0 saturated heterocycles. The molecule has 0 aromatic carbocycles. The van der Waals surface area contributed by atoms with E-state index in [1.807, 2.05) is 0 Å². The third-order valence-electron chi connectivity index (χ3n) is 3.08. The number of amidine groups is 2. The minimum Gasteiger partial charge on any atom is -0.322 e. The Morgan fingerprint density at radius 2 is 1.43 bits per heavy atom. The fourth-order valence-electron chi connectivity index (χ4n) is 2.10. The summed E-state index contributed by atoms with van der Waals surface area (Å²) >= 11 is 0. The summed E-state index contributed by atoms with van der Waals surface area (Å²) in [5, 5.41) is 0. The van der Waals surface area contributed by atoms with Gasteiger partial charge in [-0.3, -0.25) is 9.98 Å². The molecule has 0 aromatic rings. The number of rotatable bonds is 0. The highest BCUT2D eigenvalue weighted by molar-refractivity contribution is 6.01. The molecule has 2 rings (SSSR count). The highest BCUT2D eigenvalue weighted by atomic mass is 15.2. The van der Waals surface area contributed by atoms with Gasteiger partial charge in [-0.2, -0.15) is 0 Å². The van der Waals surface area contributed by atoms with E-state index in [4.69, 9.17) is 0 Å². The maximum absolute atomic E-state index is 4.62. The largest absolute Gasteiger partial charge is 0.322 e. The Bertz CT molecular complexity index is 252. The minimum atomic E-state index is 0.506. The van der Waals surface area contributed by atoms with Crippen LogP contribution in [0.4, 0.5) is 0 Å². The minimum absolute atomic E-state index is 0.506. The van der Waals surface area contributed by atoms with Gasteiger partial charge in [-0.15, -0.1) is 0 Å². The molecule has 2 heterocycles. The monoisotopic (exact) mass is 193 g/mol. The molecule has 2 aliphatic rings. The molecule has 78 valence electrons. The molecule has 0 radical (unpaired) electrons. The normalized spacial score (nSPS) is 31.6. The number of aliphatic imine (C=N–C) groups is 2. The van der Waals surface area contributed by atoms with Gasteiger partial charge in [0.2, 0.25) is 0 Å². The predicted molar refractivity (Wildman–Crippen MR) is 60.0 cm³/mol. The zero-order valence-electron chi connectivity index (χ0n) is 9.32. The van der Waals surface area contributed by atoms with Crippen molar-refractivity contribution in [3.05, 3.63) is 0 Å². The standard InChI is InChI=1S/C11H19N3/c1-8-4-6-10(12-8)14(3)11-7-5-9(2)13-11/h8-9H,4-7H2,1-3H3. The fraction of sp³-hybridized carbons (Fsp3) is 0.818. The topological polar surface area (TPSA) is 28.0 Å². The van der Waals surface area contributed by atoms with E-state index in [-0.39, 0.29) is 0 Å². The van der Waals surface area contributed by atoms with Crippen molar-refractivity contribution in [3.63, 3.8) is 0 Å². The second-order valence-corrected chi connectivity index (χ2v) is 4.43. The van der Waals surface area contributed by atoms with Gasteiger partial charge in [0.15, 0.2) is 0 Å². The lowest BCUT2D eigenvalue weighted by Crippen LogP contribution is -2.30. The Balaban J connectivity index is 2.05. The Morgan fingerprint density at radius 1 is 1.00 bits per heavy atom.